The second kappa shape index (κ2) is 5.25. The van der Waals surface area contributed by atoms with E-state index >= 15 is 0 Å². The van der Waals surface area contributed by atoms with E-state index in [9.17, 15) is 10.1 Å². The Hall–Kier alpha value is -1.78. The molecule has 1 aliphatic heterocycles. The fraction of sp³-hybridized carbons (Fsp3) is 0.538. The molecular formula is C13H19N3O2. The minimum Gasteiger partial charge on any atom is -0.393 e. The van der Waals surface area contributed by atoms with Crippen molar-refractivity contribution in [3.05, 3.63) is 28.3 Å². The van der Waals surface area contributed by atoms with Gasteiger partial charge in [0, 0.05) is 24.3 Å². The van der Waals surface area contributed by atoms with Crippen molar-refractivity contribution in [1.82, 2.24) is 0 Å². The molecule has 0 saturated carbocycles. The van der Waals surface area contributed by atoms with E-state index in [1.54, 1.807) is 6.07 Å². The molecule has 1 atom stereocenters. The van der Waals surface area contributed by atoms with E-state index in [-0.39, 0.29) is 11.4 Å². The molecule has 0 spiro atoms. The first-order valence-electron chi connectivity index (χ1n) is 6.44. The van der Waals surface area contributed by atoms with Gasteiger partial charge in [-0.15, -0.1) is 0 Å². The summed E-state index contributed by atoms with van der Waals surface area (Å²) in [5.74, 6) is 0. The molecule has 1 saturated heterocycles. The summed E-state index contributed by atoms with van der Waals surface area (Å²) in [6.45, 7) is 3.19. The smallest absolute Gasteiger partial charge is 0.292 e. The average Bonchev–Trinajstić information content (AvgIpc) is 2.38. The van der Waals surface area contributed by atoms with Crippen LogP contribution in [0.2, 0.25) is 0 Å². The fourth-order valence-electron chi connectivity index (χ4n) is 2.65. The van der Waals surface area contributed by atoms with Gasteiger partial charge < -0.3 is 10.6 Å². The van der Waals surface area contributed by atoms with Crippen LogP contribution in [0.15, 0.2) is 18.2 Å². The minimum atomic E-state index is -0.438. The van der Waals surface area contributed by atoms with Crippen LogP contribution in [-0.2, 0) is 0 Å². The fourth-order valence-corrected chi connectivity index (χ4v) is 2.65. The lowest BCUT2D eigenvalue weighted by molar-refractivity contribution is -0.383. The van der Waals surface area contributed by atoms with Crippen molar-refractivity contribution in [3.63, 3.8) is 0 Å². The van der Waals surface area contributed by atoms with Gasteiger partial charge in [0.1, 0.15) is 5.69 Å². The summed E-state index contributed by atoms with van der Waals surface area (Å²) >= 11 is 0. The highest BCUT2D eigenvalue weighted by Crippen LogP contribution is 2.31. The van der Waals surface area contributed by atoms with E-state index in [0.29, 0.717) is 6.04 Å². The third-order valence-corrected chi connectivity index (χ3v) is 3.64. The monoisotopic (exact) mass is 249 g/mol. The van der Waals surface area contributed by atoms with Crippen LogP contribution in [-0.4, -0.2) is 17.5 Å². The molecule has 0 bridgehead atoms. The Morgan fingerprint density at radius 1 is 1.50 bits per heavy atom. The van der Waals surface area contributed by atoms with E-state index in [2.05, 4.69) is 11.8 Å². The molecule has 0 aromatic heterocycles. The predicted molar refractivity (Wildman–Crippen MR) is 72.8 cm³/mol. The Morgan fingerprint density at radius 3 is 2.89 bits per heavy atom. The second-order valence-electron chi connectivity index (χ2n) is 4.75. The maximum absolute atomic E-state index is 10.7. The normalized spacial score (nSPS) is 19.8. The molecule has 0 aliphatic carbocycles. The number of nitro benzene ring substituents is 1. The summed E-state index contributed by atoms with van der Waals surface area (Å²) in [5, 5.41) is 10.7. The standard InChI is InChI=1S/C13H19N3O2/c1-2-10-5-3-4-8-15(10)11-6-7-13(16(17)18)12(14)9-11/h6-7,9-10H,2-5,8,14H2,1H3. The molecule has 1 heterocycles. The van der Waals surface area contributed by atoms with Crippen molar-refractivity contribution < 1.29 is 4.92 Å². The zero-order valence-corrected chi connectivity index (χ0v) is 10.6. The van der Waals surface area contributed by atoms with Crippen molar-refractivity contribution in [2.45, 2.75) is 38.6 Å². The molecule has 5 heteroatoms. The number of piperidine rings is 1. The van der Waals surface area contributed by atoms with Gasteiger partial charge in [-0.25, -0.2) is 0 Å². The van der Waals surface area contributed by atoms with Crippen LogP contribution in [0.5, 0.6) is 0 Å². The number of nitrogen functional groups attached to an aromatic ring is 1. The van der Waals surface area contributed by atoms with E-state index < -0.39 is 4.92 Å². The van der Waals surface area contributed by atoms with Crippen molar-refractivity contribution in [2.75, 3.05) is 17.2 Å². The van der Waals surface area contributed by atoms with Crippen LogP contribution in [0.4, 0.5) is 17.1 Å². The summed E-state index contributed by atoms with van der Waals surface area (Å²) in [7, 11) is 0. The zero-order valence-electron chi connectivity index (χ0n) is 10.6. The highest BCUT2D eigenvalue weighted by atomic mass is 16.6. The largest absolute Gasteiger partial charge is 0.393 e. The van der Waals surface area contributed by atoms with Gasteiger partial charge in [0.25, 0.3) is 5.69 Å². The summed E-state index contributed by atoms with van der Waals surface area (Å²) in [4.78, 5) is 12.6. The number of nitrogens with zero attached hydrogens (tertiary/aromatic N) is 2. The van der Waals surface area contributed by atoms with E-state index in [1.165, 1.54) is 25.3 Å². The zero-order chi connectivity index (χ0) is 13.1. The molecule has 2 N–H and O–H groups in total. The van der Waals surface area contributed by atoms with Crippen molar-refractivity contribution in [3.8, 4) is 0 Å². The highest BCUT2D eigenvalue weighted by molar-refractivity contribution is 5.67. The Kier molecular flexibility index (Phi) is 3.69. The number of anilines is 2. The molecule has 5 nitrogen and oxygen atoms in total. The average molecular weight is 249 g/mol. The van der Waals surface area contributed by atoms with Crippen molar-refractivity contribution >= 4 is 17.1 Å². The molecule has 1 unspecified atom stereocenters. The van der Waals surface area contributed by atoms with Crippen LogP contribution in [0, 0.1) is 10.1 Å². The first-order valence-corrected chi connectivity index (χ1v) is 6.44. The maximum Gasteiger partial charge on any atom is 0.292 e. The van der Waals surface area contributed by atoms with Crippen molar-refractivity contribution in [1.29, 1.82) is 0 Å². The molecule has 1 fully saturated rings. The molecule has 1 aromatic rings. The van der Waals surface area contributed by atoms with Crippen molar-refractivity contribution in [2.24, 2.45) is 0 Å². The number of nitro groups is 1. The van der Waals surface area contributed by atoms with E-state index in [0.717, 1.165) is 18.7 Å². The van der Waals surface area contributed by atoms with Gasteiger partial charge in [0.2, 0.25) is 0 Å². The van der Waals surface area contributed by atoms with Crippen LogP contribution < -0.4 is 10.6 Å². The van der Waals surface area contributed by atoms with Gasteiger partial charge in [-0.2, -0.15) is 0 Å². The molecule has 1 aromatic carbocycles. The number of rotatable bonds is 3. The first kappa shape index (κ1) is 12.7. The van der Waals surface area contributed by atoms with Crippen LogP contribution in [0.25, 0.3) is 0 Å². The summed E-state index contributed by atoms with van der Waals surface area (Å²) < 4.78 is 0. The number of hydrogen-bond donors (Lipinski definition) is 1. The summed E-state index contributed by atoms with van der Waals surface area (Å²) in [5.41, 5.74) is 6.99. The molecule has 2 rings (SSSR count). The lowest BCUT2D eigenvalue weighted by Gasteiger charge is -2.37. The van der Waals surface area contributed by atoms with Gasteiger partial charge in [-0.3, -0.25) is 10.1 Å². The molecular weight excluding hydrogens is 230 g/mol. The summed E-state index contributed by atoms with van der Waals surface area (Å²) in [6, 6.07) is 5.57. The van der Waals surface area contributed by atoms with Crippen LogP contribution in [0.3, 0.4) is 0 Å². The Bertz CT molecular complexity index is 448. The van der Waals surface area contributed by atoms with Crippen LogP contribution in [0.1, 0.15) is 32.6 Å². The minimum absolute atomic E-state index is 0.0104. The Balaban J connectivity index is 2.27. The molecule has 18 heavy (non-hydrogen) atoms. The third kappa shape index (κ3) is 2.39. The highest BCUT2D eigenvalue weighted by Gasteiger charge is 2.22. The van der Waals surface area contributed by atoms with Crippen LogP contribution >= 0.6 is 0 Å². The summed E-state index contributed by atoms with van der Waals surface area (Å²) in [6.07, 6.45) is 4.72. The molecule has 98 valence electrons. The van der Waals surface area contributed by atoms with Gasteiger partial charge in [0.15, 0.2) is 0 Å². The maximum atomic E-state index is 10.7. The van der Waals surface area contributed by atoms with Gasteiger partial charge >= 0.3 is 0 Å². The lowest BCUT2D eigenvalue weighted by Crippen LogP contribution is -2.39. The third-order valence-electron chi connectivity index (χ3n) is 3.64. The van der Waals surface area contributed by atoms with Gasteiger partial charge in [-0.05, 0) is 37.8 Å². The SMILES string of the molecule is CCC1CCCCN1c1ccc([N+](=O)[O-])c(N)c1. The lowest BCUT2D eigenvalue weighted by atomic mass is 9.99. The van der Waals surface area contributed by atoms with E-state index in [4.69, 9.17) is 5.73 Å². The predicted octanol–water partition coefficient (Wildman–Crippen LogP) is 2.95. The molecule has 1 aliphatic rings. The Labute approximate surface area is 107 Å². The first-order chi connectivity index (χ1) is 8.63. The number of hydrogen-bond acceptors (Lipinski definition) is 4. The molecule has 0 radical (unpaired) electrons. The van der Waals surface area contributed by atoms with Gasteiger partial charge in [0.05, 0.1) is 4.92 Å². The number of nitrogens with two attached hydrogens (primary N) is 1. The van der Waals surface area contributed by atoms with E-state index in [1.807, 2.05) is 6.07 Å². The second-order valence-corrected chi connectivity index (χ2v) is 4.75. The Morgan fingerprint density at radius 2 is 2.28 bits per heavy atom. The molecule has 0 amide bonds. The quantitative estimate of drug-likeness (QED) is 0.508. The topological polar surface area (TPSA) is 72.4 Å². The van der Waals surface area contributed by atoms with Gasteiger partial charge in [-0.1, -0.05) is 6.92 Å². The number of benzene rings is 1.